The van der Waals surface area contributed by atoms with Gasteiger partial charge in [0.25, 0.3) is 11.8 Å². The molecule has 0 saturated heterocycles. The molecule has 46 heavy (non-hydrogen) atoms. The van der Waals surface area contributed by atoms with Crippen molar-refractivity contribution in [1.82, 2.24) is 0 Å². The lowest BCUT2D eigenvalue weighted by Gasteiger charge is -2.43. The molecular formula is C38H38N2O6. The minimum absolute atomic E-state index is 0.154. The Morgan fingerprint density at radius 1 is 0.696 bits per heavy atom. The van der Waals surface area contributed by atoms with Crippen LogP contribution in [-0.2, 0) is 9.59 Å². The second-order valence-electron chi connectivity index (χ2n) is 10.8. The predicted octanol–water partition coefficient (Wildman–Crippen LogP) is 7.35. The average Bonchev–Trinajstić information content (AvgIpc) is 3.09. The number of methoxy groups -OCH3 is 4. The minimum Gasteiger partial charge on any atom is -0.493 e. The topological polar surface area (TPSA) is 77.5 Å². The molecular weight excluding hydrogens is 580 g/mol. The normalized spacial score (nSPS) is 15.8. The number of fused-ring (bicyclic) bond motifs is 1. The number of benzene rings is 4. The largest absolute Gasteiger partial charge is 0.493 e. The Kier molecular flexibility index (Phi) is 10.1. The van der Waals surface area contributed by atoms with Gasteiger partial charge in [0.15, 0.2) is 23.0 Å². The maximum atomic E-state index is 14.1. The highest BCUT2D eigenvalue weighted by Crippen LogP contribution is 2.42. The molecule has 0 radical (unpaired) electrons. The molecule has 0 fully saturated rings. The Bertz CT molecular complexity index is 1750. The van der Waals surface area contributed by atoms with E-state index in [9.17, 15) is 9.59 Å². The summed E-state index contributed by atoms with van der Waals surface area (Å²) in [4.78, 5) is 31.4. The van der Waals surface area contributed by atoms with Crippen molar-refractivity contribution < 1.29 is 28.5 Å². The quantitative estimate of drug-likeness (QED) is 0.173. The molecule has 0 bridgehead atoms. The van der Waals surface area contributed by atoms with Crippen molar-refractivity contribution in [3.8, 4) is 23.0 Å². The fourth-order valence-corrected chi connectivity index (χ4v) is 5.82. The van der Waals surface area contributed by atoms with Gasteiger partial charge in [0.1, 0.15) is 0 Å². The van der Waals surface area contributed by atoms with Crippen molar-refractivity contribution in [2.45, 2.75) is 25.4 Å². The third kappa shape index (κ3) is 6.76. The van der Waals surface area contributed by atoms with Crippen LogP contribution in [0.1, 0.15) is 36.1 Å². The van der Waals surface area contributed by atoms with Crippen LogP contribution in [0.2, 0.25) is 0 Å². The molecule has 2 atom stereocenters. The van der Waals surface area contributed by atoms with Gasteiger partial charge >= 0.3 is 0 Å². The molecule has 1 heterocycles. The monoisotopic (exact) mass is 618 g/mol. The Balaban J connectivity index is 1.47. The van der Waals surface area contributed by atoms with Crippen molar-refractivity contribution in [3.63, 3.8) is 0 Å². The zero-order chi connectivity index (χ0) is 32.6. The number of hydrogen-bond acceptors (Lipinski definition) is 6. The van der Waals surface area contributed by atoms with E-state index in [1.54, 1.807) is 63.7 Å². The number of ether oxygens (including phenoxy) is 4. The Hall–Kier alpha value is -5.50. The molecule has 5 rings (SSSR count). The minimum atomic E-state index is -0.310. The van der Waals surface area contributed by atoms with Crippen LogP contribution < -0.4 is 28.7 Å². The van der Waals surface area contributed by atoms with Gasteiger partial charge in [-0.1, -0.05) is 48.5 Å². The molecule has 2 unspecified atom stereocenters. The highest BCUT2D eigenvalue weighted by molar-refractivity contribution is 6.07. The highest BCUT2D eigenvalue weighted by Gasteiger charge is 2.37. The van der Waals surface area contributed by atoms with Gasteiger partial charge in [-0.3, -0.25) is 9.59 Å². The van der Waals surface area contributed by atoms with Gasteiger partial charge in [-0.25, -0.2) is 0 Å². The summed E-state index contributed by atoms with van der Waals surface area (Å²) >= 11 is 0. The third-order valence-corrected chi connectivity index (χ3v) is 8.03. The smallest absolute Gasteiger partial charge is 0.251 e. The van der Waals surface area contributed by atoms with Crippen LogP contribution in [0.5, 0.6) is 23.0 Å². The van der Waals surface area contributed by atoms with Gasteiger partial charge in [0, 0.05) is 29.6 Å². The maximum absolute atomic E-state index is 14.1. The van der Waals surface area contributed by atoms with Crippen LogP contribution in [0.3, 0.4) is 0 Å². The molecule has 0 spiro atoms. The summed E-state index contributed by atoms with van der Waals surface area (Å²) in [5.74, 6) is 2.06. The van der Waals surface area contributed by atoms with Crippen LogP contribution in [0, 0.1) is 0 Å². The van der Waals surface area contributed by atoms with E-state index in [0.717, 1.165) is 28.1 Å². The summed E-state index contributed by atoms with van der Waals surface area (Å²) in [6.07, 6.45) is 7.22. The molecule has 8 heteroatoms. The summed E-state index contributed by atoms with van der Waals surface area (Å²) in [5, 5.41) is 0. The Morgan fingerprint density at radius 3 is 1.83 bits per heavy atom. The SMILES string of the molecule is COc1ccc(/C=C/C(=O)N2c3ccccc3C(N(C(=O)/C=C/c3ccc(OC)c(OC)c3)c3ccccc3)CC2C)cc1OC. The van der Waals surface area contributed by atoms with Gasteiger partial charge in [-0.15, -0.1) is 0 Å². The van der Waals surface area contributed by atoms with E-state index in [-0.39, 0.29) is 23.9 Å². The Labute approximate surface area is 270 Å². The van der Waals surface area contributed by atoms with Crippen LogP contribution >= 0.6 is 0 Å². The molecule has 0 aliphatic carbocycles. The first-order chi connectivity index (χ1) is 22.4. The standard InChI is InChI=1S/C38H38N2O6/c1-26-23-32(40(29-11-7-6-8-12-29)38(42)22-18-28-16-20-34(44-3)36(25-28)46-5)30-13-9-10-14-31(30)39(26)37(41)21-17-27-15-19-33(43-2)35(24-27)45-4/h6-22,24-26,32H,23H2,1-5H3/b21-17+,22-18+. The first-order valence-electron chi connectivity index (χ1n) is 15.0. The second-order valence-corrected chi connectivity index (χ2v) is 10.8. The summed E-state index contributed by atoms with van der Waals surface area (Å²) in [7, 11) is 6.32. The molecule has 4 aromatic rings. The van der Waals surface area contributed by atoms with E-state index in [2.05, 4.69) is 0 Å². The summed E-state index contributed by atoms with van der Waals surface area (Å²) in [5.41, 5.74) is 4.04. The number of para-hydroxylation sites is 2. The molecule has 2 amide bonds. The number of nitrogens with zero attached hydrogens (tertiary/aromatic N) is 2. The van der Waals surface area contributed by atoms with Gasteiger partial charge in [-0.2, -0.15) is 0 Å². The van der Waals surface area contributed by atoms with Crippen molar-refractivity contribution in [1.29, 1.82) is 0 Å². The van der Waals surface area contributed by atoms with Gasteiger partial charge in [0.05, 0.1) is 34.5 Å². The zero-order valence-electron chi connectivity index (χ0n) is 26.7. The lowest BCUT2D eigenvalue weighted by Crippen LogP contribution is -2.47. The van der Waals surface area contributed by atoms with E-state index in [1.807, 2.05) is 96.8 Å². The Morgan fingerprint density at radius 2 is 1.24 bits per heavy atom. The van der Waals surface area contributed by atoms with Crippen LogP contribution in [-0.4, -0.2) is 46.3 Å². The second kappa shape index (κ2) is 14.5. The van der Waals surface area contributed by atoms with Crippen molar-refractivity contribution in [2.24, 2.45) is 0 Å². The zero-order valence-corrected chi connectivity index (χ0v) is 26.7. The molecule has 0 N–H and O–H groups in total. The summed E-state index contributed by atoms with van der Waals surface area (Å²) in [6, 6.07) is 27.9. The third-order valence-electron chi connectivity index (χ3n) is 8.03. The average molecular weight is 619 g/mol. The highest BCUT2D eigenvalue weighted by atomic mass is 16.5. The van der Waals surface area contributed by atoms with E-state index < -0.39 is 0 Å². The number of hydrogen-bond donors (Lipinski definition) is 0. The van der Waals surface area contributed by atoms with Crippen molar-refractivity contribution in [2.75, 3.05) is 38.2 Å². The fourth-order valence-electron chi connectivity index (χ4n) is 5.82. The van der Waals surface area contributed by atoms with Gasteiger partial charge in [-0.05, 0) is 84.7 Å². The molecule has 1 aliphatic rings. The van der Waals surface area contributed by atoms with Crippen LogP contribution in [0.15, 0.2) is 103 Å². The lowest BCUT2D eigenvalue weighted by molar-refractivity contribution is -0.114. The number of anilines is 2. The van der Waals surface area contributed by atoms with E-state index in [1.165, 1.54) is 0 Å². The fraction of sp³-hybridized carbons (Fsp3) is 0.211. The van der Waals surface area contributed by atoms with Gasteiger partial charge < -0.3 is 28.7 Å². The van der Waals surface area contributed by atoms with Crippen LogP contribution in [0.4, 0.5) is 11.4 Å². The molecule has 0 aromatic heterocycles. The predicted molar refractivity (Wildman–Crippen MR) is 182 cm³/mol. The van der Waals surface area contributed by atoms with E-state index >= 15 is 0 Å². The molecule has 4 aromatic carbocycles. The van der Waals surface area contributed by atoms with Crippen LogP contribution in [0.25, 0.3) is 12.2 Å². The first-order valence-corrected chi connectivity index (χ1v) is 15.0. The van der Waals surface area contributed by atoms with Crippen molar-refractivity contribution in [3.05, 3.63) is 120 Å². The number of rotatable bonds is 10. The maximum Gasteiger partial charge on any atom is 0.251 e. The van der Waals surface area contributed by atoms with E-state index in [4.69, 9.17) is 18.9 Å². The molecule has 0 saturated carbocycles. The number of amides is 2. The van der Waals surface area contributed by atoms with Crippen molar-refractivity contribution >= 4 is 35.3 Å². The van der Waals surface area contributed by atoms with Gasteiger partial charge in [0.2, 0.25) is 0 Å². The number of carbonyl (C=O) groups excluding carboxylic acids is 2. The van der Waals surface area contributed by atoms with E-state index in [0.29, 0.717) is 29.4 Å². The number of carbonyl (C=O) groups is 2. The summed E-state index contributed by atoms with van der Waals surface area (Å²) in [6.45, 7) is 2.01. The lowest BCUT2D eigenvalue weighted by atomic mass is 9.89. The molecule has 1 aliphatic heterocycles. The molecule has 8 nitrogen and oxygen atoms in total. The first kappa shape index (κ1) is 31.9. The summed E-state index contributed by atoms with van der Waals surface area (Å²) < 4.78 is 21.5. The molecule has 236 valence electrons.